The number of hydrogen-bond acceptors (Lipinski definition) is 6. The van der Waals surface area contributed by atoms with E-state index in [0.717, 1.165) is 4.47 Å². The first kappa shape index (κ1) is 22.0. The normalized spacial score (nSPS) is 11.1. The summed E-state index contributed by atoms with van der Waals surface area (Å²) in [5.74, 6) is -2.25. The summed E-state index contributed by atoms with van der Waals surface area (Å²) in [5, 5.41) is 0. The van der Waals surface area contributed by atoms with E-state index in [-0.39, 0.29) is 16.9 Å². The Kier molecular flexibility index (Phi) is 7.57. The maximum Gasteiger partial charge on any atom is 0.344 e. The van der Waals surface area contributed by atoms with Crippen LogP contribution in [0.15, 0.2) is 49.8 Å². The van der Waals surface area contributed by atoms with Crippen molar-refractivity contribution in [2.24, 2.45) is 0 Å². The summed E-state index contributed by atoms with van der Waals surface area (Å²) in [5.41, 5.74) is -0.154. The maximum atomic E-state index is 12.5. The van der Waals surface area contributed by atoms with E-state index < -0.39 is 34.4 Å². The van der Waals surface area contributed by atoms with Crippen molar-refractivity contribution in [3.8, 4) is 5.75 Å². The Morgan fingerprint density at radius 1 is 0.963 bits per heavy atom. The molecule has 144 valence electrons. The Morgan fingerprint density at radius 3 is 2.00 bits per heavy atom. The van der Waals surface area contributed by atoms with Crippen molar-refractivity contribution in [2.75, 3.05) is 12.4 Å². The van der Waals surface area contributed by atoms with Crippen LogP contribution in [0.1, 0.15) is 20.7 Å². The highest BCUT2D eigenvalue weighted by Gasteiger charge is 2.22. The summed E-state index contributed by atoms with van der Waals surface area (Å²) in [6.07, 6.45) is 0. The number of halogens is 3. The van der Waals surface area contributed by atoms with Crippen LogP contribution in [0.25, 0.3) is 0 Å². The molecule has 0 heterocycles. The summed E-state index contributed by atoms with van der Waals surface area (Å²) in [6, 6.07) is 9.14. The predicted molar refractivity (Wildman–Crippen MR) is 108 cm³/mol. The third kappa shape index (κ3) is 6.39. The van der Waals surface area contributed by atoms with Crippen LogP contribution in [-0.2, 0) is 14.9 Å². The number of esters is 2. The van der Waals surface area contributed by atoms with Crippen LogP contribution in [0.5, 0.6) is 5.75 Å². The number of rotatable bonds is 6. The SMILES string of the molecule is O=C(OCCS(=O)(=O)O)c1ccccc1C(=O)Oc1c(Br)cc(Br)cc1Br. The van der Waals surface area contributed by atoms with Crippen LogP contribution in [0.2, 0.25) is 0 Å². The van der Waals surface area contributed by atoms with Crippen molar-refractivity contribution in [2.45, 2.75) is 0 Å². The zero-order valence-electron chi connectivity index (χ0n) is 13.3. The Labute approximate surface area is 180 Å². The number of hydrogen-bond donors (Lipinski definition) is 1. The Morgan fingerprint density at radius 2 is 1.48 bits per heavy atom. The van der Waals surface area contributed by atoms with Crippen LogP contribution in [0, 0.1) is 0 Å². The van der Waals surface area contributed by atoms with Crippen molar-refractivity contribution in [3.63, 3.8) is 0 Å². The largest absolute Gasteiger partial charge is 0.461 e. The lowest BCUT2D eigenvalue weighted by molar-refractivity contribution is 0.0518. The lowest BCUT2D eigenvalue weighted by Crippen LogP contribution is -2.19. The number of ether oxygens (including phenoxy) is 2. The number of carbonyl (C=O) groups is 2. The van der Waals surface area contributed by atoms with Gasteiger partial charge in [0.05, 0.1) is 20.1 Å². The van der Waals surface area contributed by atoms with Gasteiger partial charge in [-0.1, -0.05) is 28.1 Å². The van der Waals surface area contributed by atoms with E-state index in [4.69, 9.17) is 14.0 Å². The summed E-state index contributed by atoms with van der Waals surface area (Å²) < 4.78 is 42.0. The van der Waals surface area contributed by atoms with Gasteiger partial charge in [0.15, 0.2) is 5.75 Å². The minimum Gasteiger partial charge on any atom is -0.461 e. The number of carbonyl (C=O) groups excluding carboxylic acids is 2. The first-order valence-corrected chi connectivity index (χ1v) is 11.2. The van der Waals surface area contributed by atoms with Gasteiger partial charge in [-0.2, -0.15) is 8.42 Å². The van der Waals surface area contributed by atoms with Gasteiger partial charge in [-0.15, -0.1) is 0 Å². The van der Waals surface area contributed by atoms with Gasteiger partial charge in [0, 0.05) is 4.47 Å². The molecule has 0 bridgehead atoms. The lowest BCUT2D eigenvalue weighted by atomic mass is 10.1. The molecule has 0 aliphatic carbocycles. The molecule has 0 amide bonds. The van der Waals surface area contributed by atoms with Gasteiger partial charge in [-0.25, -0.2) is 9.59 Å². The van der Waals surface area contributed by atoms with Gasteiger partial charge in [-0.3, -0.25) is 4.55 Å². The highest BCUT2D eigenvalue weighted by Crippen LogP contribution is 2.37. The first-order valence-electron chi connectivity index (χ1n) is 7.16. The topological polar surface area (TPSA) is 107 Å². The molecule has 2 aromatic rings. The van der Waals surface area contributed by atoms with Gasteiger partial charge in [0.2, 0.25) is 0 Å². The minimum atomic E-state index is -4.27. The van der Waals surface area contributed by atoms with Gasteiger partial charge in [0.1, 0.15) is 12.4 Å². The Bertz CT molecular complexity index is 966. The predicted octanol–water partition coefficient (Wildman–Crippen LogP) is 4.24. The van der Waals surface area contributed by atoms with Gasteiger partial charge in [0.25, 0.3) is 10.1 Å². The highest BCUT2D eigenvalue weighted by molar-refractivity contribution is 9.11. The van der Waals surface area contributed by atoms with Crippen LogP contribution in [0.4, 0.5) is 0 Å². The van der Waals surface area contributed by atoms with E-state index in [2.05, 4.69) is 47.8 Å². The van der Waals surface area contributed by atoms with E-state index >= 15 is 0 Å². The van der Waals surface area contributed by atoms with E-state index in [1.54, 1.807) is 12.1 Å². The van der Waals surface area contributed by atoms with E-state index in [1.165, 1.54) is 24.3 Å². The molecule has 0 aromatic heterocycles. The highest BCUT2D eigenvalue weighted by atomic mass is 79.9. The van der Waals surface area contributed by atoms with Gasteiger partial charge >= 0.3 is 11.9 Å². The second-order valence-corrected chi connectivity index (χ2v) is 9.25. The van der Waals surface area contributed by atoms with Crippen LogP contribution < -0.4 is 4.74 Å². The molecule has 1 N–H and O–H groups in total. The molecule has 2 aromatic carbocycles. The van der Waals surface area contributed by atoms with Crippen LogP contribution >= 0.6 is 47.8 Å². The smallest absolute Gasteiger partial charge is 0.344 e. The lowest BCUT2D eigenvalue weighted by Gasteiger charge is -2.11. The molecule has 27 heavy (non-hydrogen) atoms. The third-order valence-electron chi connectivity index (χ3n) is 3.10. The molecule has 0 radical (unpaired) electrons. The molecule has 0 saturated heterocycles. The summed E-state index contributed by atoms with van der Waals surface area (Å²) in [7, 11) is -4.27. The van der Waals surface area contributed by atoms with Gasteiger partial charge < -0.3 is 9.47 Å². The molecular formula is C16H11Br3O7S. The van der Waals surface area contributed by atoms with Gasteiger partial charge in [-0.05, 0) is 56.1 Å². The molecule has 0 unspecified atom stereocenters. The first-order chi connectivity index (χ1) is 12.6. The second kappa shape index (κ2) is 9.28. The molecule has 0 atom stereocenters. The fraction of sp³-hybridized carbons (Fsp3) is 0.125. The fourth-order valence-corrected chi connectivity index (χ4v) is 4.65. The molecule has 0 saturated carbocycles. The van der Waals surface area contributed by atoms with E-state index in [9.17, 15) is 18.0 Å². The molecule has 0 spiro atoms. The molecular weight excluding hydrogens is 576 g/mol. The molecule has 7 nitrogen and oxygen atoms in total. The number of benzene rings is 2. The van der Waals surface area contributed by atoms with Crippen LogP contribution in [-0.4, -0.2) is 37.3 Å². The average Bonchev–Trinajstić information content (AvgIpc) is 2.56. The second-order valence-electron chi connectivity index (χ2n) is 5.06. The summed E-state index contributed by atoms with van der Waals surface area (Å²) in [6.45, 7) is -0.551. The molecule has 0 fully saturated rings. The average molecular weight is 587 g/mol. The summed E-state index contributed by atoms with van der Waals surface area (Å²) >= 11 is 9.88. The maximum absolute atomic E-state index is 12.5. The molecule has 2 rings (SSSR count). The van der Waals surface area contributed by atoms with Crippen molar-refractivity contribution in [3.05, 3.63) is 60.9 Å². The molecule has 11 heteroatoms. The monoisotopic (exact) mass is 584 g/mol. The minimum absolute atomic E-state index is 0.0592. The van der Waals surface area contributed by atoms with E-state index in [0.29, 0.717) is 8.95 Å². The quantitative estimate of drug-likeness (QED) is 0.307. The fourth-order valence-electron chi connectivity index (χ4n) is 1.93. The third-order valence-corrected chi connectivity index (χ3v) is 5.42. The Balaban J connectivity index is 2.22. The van der Waals surface area contributed by atoms with Crippen LogP contribution in [0.3, 0.4) is 0 Å². The van der Waals surface area contributed by atoms with Crippen molar-refractivity contribution < 1.29 is 32.0 Å². The Hall–Kier alpha value is -1.27. The zero-order valence-corrected chi connectivity index (χ0v) is 18.9. The van der Waals surface area contributed by atoms with E-state index in [1.807, 2.05) is 0 Å². The van der Waals surface area contributed by atoms with Crippen molar-refractivity contribution >= 4 is 69.8 Å². The molecule has 0 aliphatic rings. The van der Waals surface area contributed by atoms with Crippen molar-refractivity contribution in [1.29, 1.82) is 0 Å². The zero-order chi connectivity index (χ0) is 20.2. The molecule has 0 aliphatic heterocycles. The van der Waals surface area contributed by atoms with Crippen molar-refractivity contribution in [1.82, 2.24) is 0 Å². The standard InChI is InChI=1S/C16H11Br3O7S/c17-9-7-12(18)14(13(19)8-9)26-16(21)11-4-2-1-3-10(11)15(20)25-5-6-27(22,23)24/h1-4,7-8H,5-6H2,(H,22,23,24). The summed E-state index contributed by atoms with van der Waals surface area (Å²) in [4.78, 5) is 24.7.